The Morgan fingerprint density at radius 2 is 1.94 bits per heavy atom. The van der Waals surface area contributed by atoms with Gasteiger partial charge in [0.2, 0.25) is 0 Å². The van der Waals surface area contributed by atoms with Gasteiger partial charge in [0.1, 0.15) is 0 Å². The first-order valence-corrected chi connectivity index (χ1v) is 6.68. The van der Waals surface area contributed by atoms with Gasteiger partial charge in [0.15, 0.2) is 8.38 Å². The highest BCUT2D eigenvalue weighted by Gasteiger charge is 2.10. The van der Waals surface area contributed by atoms with Crippen LogP contribution in [0.15, 0.2) is 24.3 Å². The van der Waals surface area contributed by atoms with E-state index < -0.39 is 8.38 Å². The molecule has 86 valence electrons. The molecule has 0 aliphatic heterocycles. The maximum atomic E-state index is 8.80. The molecule has 0 heterocycles. The average Bonchev–Trinajstić information content (AvgIpc) is 2.30. The third-order valence-electron chi connectivity index (χ3n) is 1.91. The summed E-state index contributed by atoms with van der Waals surface area (Å²) in [6.07, 6.45) is 0.743. The monoisotopic (exact) mass is 237 g/mol. The predicted molar refractivity (Wildman–Crippen MR) is 65.0 cm³/mol. The van der Waals surface area contributed by atoms with Crippen LogP contribution in [0.25, 0.3) is 0 Å². The first-order chi connectivity index (χ1) is 7.80. The molecule has 3 nitrogen and oxygen atoms in total. The van der Waals surface area contributed by atoms with Gasteiger partial charge < -0.3 is 9.05 Å². The smallest absolute Gasteiger partial charge is 0.175 e. The van der Waals surface area contributed by atoms with Crippen LogP contribution < -0.4 is 0 Å². The first kappa shape index (κ1) is 13.1. The van der Waals surface area contributed by atoms with Crippen molar-refractivity contribution < 1.29 is 9.05 Å². The van der Waals surface area contributed by atoms with Gasteiger partial charge in [-0.1, -0.05) is 12.1 Å². The van der Waals surface area contributed by atoms with Gasteiger partial charge in [0.05, 0.1) is 24.8 Å². The third-order valence-corrected chi connectivity index (χ3v) is 3.63. The Bertz CT molecular complexity index is 356. The van der Waals surface area contributed by atoms with Crippen LogP contribution >= 0.6 is 8.38 Å². The minimum Gasteiger partial charge on any atom is -0.334 e. The molecule has 0 aliphatic rings. The Kier molecular flexibility index (Phi) is 6.03. The second-order valence-electron chi connectivity index (χ2n) is 3.14. The lowest BCUT2D eigenvalue weighted by Crippen LogP contribution is -1.94. The molecular formula is C12H16NO2P. The van der Waals surface area contributed by atoms with E-state index >= 15 is 0 Å². The minimum atomic E-state index is -0.864. The molecule has 0 radical (unpaired) electrons. The normalized spacial score (nSPS) is 10.4. The maximum Gasteiger partial charge on any atom is 0.175 e. The van der Waals surface area contributed by atoms with Crippen molar-refractivity contribution in [1.29, 1.82) is 5.26 Å². The SMILES string of the molecule is CCOP(Cc1cccc(C#N)c1)OCC. The summed E-state index contributed by atoms with van der Waals surface area (Å²) >= 11 is 0. The van der Waals surface area contributed by atoms with Crippen LogP contribution in [-0.2, 0) is 15.2 Å². The Hall–Kier alpha value is -0.940. The molecule has 0 fully saturated rings. The van der Waals surface area contributed by atoms with Crippen LogP contribution in [0.4, 0.5) is 0 Å². The Morgan fingerprint density at radius 1 is 1.25 bits per heavy atom. The summed E-state index contributed by atoms with van der Waals surface area (Å²) in [6, 6.07) is 9.69. The molecule has 4 heteroatoms. The van der Waals surface area contributed by atoms with Gasteiger partial charge >= 0.3 is 0 Å². The Balaban J connectivity index is 2.65. The molecule has 0 unspecified atom stereocenters. The molecule has 0 aliphatic carbocycles. The van der Waals surface area contributed by atoms with Crippen molar-refractivity contribution in [2.75, 3.05) is 13.2 Å². The van der Waals surface area contributed by atoms with Crippen LogP contribution in [0, 0.1) is 11.3 Å². The summed E-state index contributed by atoms with van der Waals surface area (Å²) in [6.45, 7) is 5.23. The van der Waals surface area contributed by atoms with Crippen molar-refractivity contribution >= 4 is 8.38 Å². The highest BCUT2D eigenvalue weighted by atomic mass is 31.2. The van der Waals surface area contributed by atoms with Gasteiger partial charge in [0.25, 0.3) is 0 Å². The number of nitrogens with zero attached hydrogens (tertiary/aromatic N) is 1. The van der Waals surface area contributed by atoms with E-state index in [4.69, 9.17) is 14.3 Å². The summed E-state index contributed by atoms with van der Waals surface area (Å²) in [4.78, 5) is 0. The van der Waals surface area contributed by atoms with E-state index in [1.54, 1.807) is 6.07 Å². The van der Waals surface area contributed by atoms with E-state index in [2.05, 4.69) is 6.07 Å². The molecule has 1 rings (SSSR count). The minimum absolute atomic E-state index is 0.656. The van der Waals surface area contributed by atoms with Crippen molar-refractivity contribution in [3.8, 4) is 6.07 Å². The van der Waals surface area contributed by atoms with Crippen LogP contribution in [0.5, 0.6) is 0 Å². The van der Waals surface area contributed by atoms with E-state index in [0.29, 0.717) is 18.8 Å². The summed E-state index contributed by atoms with van der Waals surface area (Å²) in [5.74, 6) is 0. The average molecular weight is 237 g/mol. The molecule has 0 spiro atoms. The maximum absolute atomic E-state index is 8.80. The molecule has 0 bridgehead atoms. The van der Waals surface area contributed by atoms with E-state index in [-0.39, 0.29) is 0 Å². The van der Waals surface area contributed by atoms with Crippen molar-refractivity contribution in [3.05, 3.63) is 35.4 Å². The van der Waals surface area contributed by atoms with Gasteiger partial charge in [-0.3, -0.25) is 0 Å². The first-order valence-electron chi connectivity index (χ1n) is 5.32. The van der Waals surface area contributed by atoms with Crippen molar-refractivity contribution in [2.24, 2.45) is 0 Å². The van der Waals surface area contributed by atoms with Crippen molar-refractivity contribution in [2.45, 2.75) is 20.0 Å². The fourth-order valence-corrected chi connectivity index (χ4v) is 2.63. The van der Waals surface area contributed by atoms with E-state index in [9.17, 15) is 0 Å². The predicted octanol–water partition coefficient (Wildman–Crippen LogP) is 3.44. The molecule has 0 atom stereocenters. The van der Waals surface area contributed by atoms with Gasteiger partial charge in [-0.05, 0) is 31.5 Å². The molecule has 0 aromatic heterocycles. The van der Waals surface area contributed by atoms with Crippen molar-refractivity contribution in [3.63, 3.8) is 0 Å². The number of hydrogen-bond acceptors (Lipinski definition) is 3. The largest absolute Gasteiger partial charge is 0.334 e. The summed E-state index contributed by atoms with van der Waals surface area (Å²) in [5.41, 5.74) is 1.77. The van der Waals surface area contributed by atoms with Crippen LogP contribution in [-0.4, -0.2) is 13.2 Å². The van der Waals surface area contributed by atoms with Crippen LogP contribution in [0.3, 0.4) is 0 Å². The highest BCUT2D eigenvalue weighted by molar-refractivity contribution is 7.46. The zero-order chi connectivity index (χ0) is 11.8. The summed E-state index contributed by atoms with van der Waals surface area (Å²) in [5, 5.41) is 8.80. The zero-order valence-electron chi connectivity index (χ0n) is 9.64. The molecule has 1 aromatic rings. The fraction of sp³-hybridized carbons (Fsp3) is 0.417. The van der Waals surface area contributed by atoms with E-state index in [1.807, 2.05) is 32.0 Å². The topological polar surface area (TPSA) is 42.2 Å². The van der Waals surface area contributed by atoms with Gasteiger partial charge in [0, 0.05) is 6.16 Å². The zero-order valence-corrected chi connectivity index (χ0v) is 10.5. The van der Waals surface area contributed by atoms with E-state index in [0.717, 1.165) is 11.7 Å². The fourth-order valence-electron chi connectivity index (χ4n) is 1.30. The lowest BCUT2D eigenvalue weighted by Gasteiger charge is -2.15. The second kappa shape index (κ2) is 7.35. The lowest BCUT2D eigenvalue weighted by atomic mass is 10.2. The number of hydrogen-bond donors (Lipinski definition) is 0. The second-order valence-corrected chi connectivity index (χ2v) is 4.64. The third kappa shape index (κ3) is 4.28. The standard InChI is InChI=1S/C12H16NO2P/c1-3-14-16(15-4-2)10-12-7-5-6-11(8-12)9-13/h5-8H,3-4,10H2,1-2H3. The van der Waals surface area contributed by atoms with Crippen molar-refractivity contribution in [1.82, 2.24) is 0 Å². The van der Waals surface area contributed by atoms with Crippen LogP contribution in [0.1, 0.15) is 25.0 Å². The highest BCUT2D eigenvalue weighted by Crippen LogP contribution is 2.41. The van der Waals surface area contributed by atoms with E-state index in [1.165, 1.54) is 0 Å². The molecule has 0 saturated carbocycles. The quantitative estimate of drug-likeness (QED) is 0.711. The molecule has 0 saturated heterocycles. The van der Waals surface area contributed by atoms with Gasteiger partial charge in [-0.25, -0.2) is 0 Å². The molecule has 0 N–H and O–H groups in total. The lowest BCUT2D eigenvalue weighted by molar-refractivity contribution is 0.268. The Labute approximate surface area is 97.9 Å². The summed E-state index contributed by atoms with van der Waals surface area (Å²) in [7, 11) is -0.864. The molecular weight excluding hydrogens is 221 g/mol. The number of rotatable bonds is 6. The van der Waals surface area contributed by atoms with Crippen LogP contribution in [0.2, 0.25) is 0 Å². The molecule has 0 amide bonds. The number of benzene rings is 1. The number of nitriles is 1. The Morgan fingerprint density at radius 3 is 2.50 bits per heavy atom. The van der Waals surface area contributed by atoms with Gasteiger partial charge in [-0.2, -0.15) is 5.26 Å². The summed E-state index contributed by atoms with van der Waals surface area (Å²) < 4.78 is 11.0. The van der Waals surface area contributed by atoms with Gasteiger partial charge in [-0.15, -0.1) is 0 Å². The molecule has 16 heavy (non-hydrogen) atoms. The molecule has 1 aromatic carbocycles.